The van der Waals surface area contributed by atoms with Gasteiger partial charge in [-0.2, -0.15) is 5.10 Å². The highest BCUT2D eigenvalue weighted by molar-refractivity contribution is 5.95. The summed E-state index contributed by atoms with van der Waals surface area (Å²) >= 11 is 0. The summed E-state index contributed by atoms with van der Waals surface area (Å²) in [6.07, 6.45) is 1.21. The standard InChI is InChI=1S/C11H10N2O4/c1-13-10(8(5-12-13)11(16)17)7-3-2-6(14)4-9(7)15/h2-5,14-15H,1H3,(H,16,17). The molecule has 6 heteroatoms. The van der Waals surface area contributed by atoms with Crippen molar-refractivity contribution in [1.82, 2.24) is 9.78 Å². The van der Waals surface area contributed by atoms with E-state index in [4.69, 9.17) is 5.11 Å². The van der Waals surface area contributed by atoms with Crippen molar-refractivity contribution >= 4 is 5.97 Å². The van der Waals surface area contributed by atoms with Crippen molar-refractivity contribution in [3.05, 3.63) is 30.0 Å². The molecule has 0 aliphatic rings. The molecule has 6 nitrogen and oxygen atoms in total. The van der Waals surface area contributed by atoms with E-state index in [2.05, 4.69) is 5.10 Å². The summed E-state index contributed by atoms with van der Waals surface area (Å²) in [5, 5.41) is 31.7. The Morgan fingerprint density at radius 3 is 2.65 bits per heavy atom. The van der Waals surface area contributed by atoms with E-state index in [0.29, 0.717) is 5.56 Å². The van der Waals surface area contributed by atoms with Gasteiger partial charge in [0, 0.05) is 18.7 Å². The summed E-state index contributed by atoms with van der Waals surface area (Å²) in [6, 6.07) is 3.95. The Morgan fingerprint density at radius 2 is 2.06 bits per heavy atom. The van der Waals surface area contributed by atoms with Gasteiger partial charge in [0.2, 0.25) is 0 Å². The number of aromatic hydroxyl groups is 2. The van der Waals surface area contributed by atoms with Crippen LogP contribution in [-0.4, -0.2) is 31.1 Å². The Kier molecular flexibility index (Phi) is 2.47. The maximum absolute atomic E-state index is 11.0. The lowest BCUT2D eigenvalue weighted by atomic mass is 10.1. The van der Waals surface area contributed by atoms with Gasteiger partial charge in [0.05, 0.1) is 11.9 Å². The van der Waals surface area contributed by atoms with Crippen molar-refractivity contribution in [3.63, 3.8) is 0 Å². The van der Waals surface area contributed by atoms with Gasteiger partial charge in [0.15, 0.2) is 0 Å². The summed E-state index contributed by atoms with van der Waals surface area (Å²) in [5.41, 5.74) is 0.587. The molecule has 0 aliphatic carbocycles. The third-order valence-electron chi connectivity index (χ3n) is 2.41. The molecular weight excluding hydrogens is 224 g/mol. The molecule has 0 aliphatic heterocycles. The summed E-state index contributed by atoms with van der Waals surface area (Å²) in [5.74, 6) is -1.41. The Balaban J connectivity index is 2.67. The first-order chi connectivity index (χ1) is 8.00. The van der Waals surface area contributed by atoms with Crippen LogP contribution in [0.25, 0.3) is 11.3 Å². The average molecular weight is 234 g/mol. The van der Waals surface area contributed by atoms with Crippen LogP contribution in [0.2, 0.25) is 0 Å². The molecule has 0 spiro atoms. The Morgan fingerprint density at radius 1 is 1.35 bits per heavy atom. The highest BCUT2D eigenvalue weighted by Gasteiger charge is 2.19. The lowest BCUT2D eigenvalue weighted by Gasteiger charge is -2.06. The van der Waals surface area contributed by atoms with E-state index in [-0.39, 0.29) is 22.8 Å². The molecule has 0 atom stereocenters. The molecule has 0 saturated carbocycles. The van der Waals surface area contributed by atoms with Crippen LogP contribution < -0.4 is 0 Å². The van der Waals surface area contributed by atoms with Gasteiger partial charge in [0.25, 0.3) is 0 Å². The van der Waals surface area contributed by atoms with Crippen molar-refractivity contribution in [1.29, 1.82) is 0 Å². The van der Waals surface area contributed by atoms with Crippen molar-refractivity contribution in [3.8, 4) is 22.8 Å². The second-order valence-electron chi connectivity index (χ2n) is 3.54. The number of carboxylic acid groups (broad SMARTS) is 1. The number of phenols is 2. The van der Waals surface area contributed by atoms with Gasteiger partial charge in [-0.25, -0.2) is 4.79 Å². The SMILES string of the molecule is Cn1ncc(C(=O)O)c1-c1ccc(O)cc1O. The van der Waals surface area contributed by atoms with E-state index in [1.165, 1.54) is 23.0 Å². The molecule has 88 valence electrons. The highest BCUT2D eigenvalue weighted by atomic mass is 16.4. The number of hydrogen-bond acceptors (Lipinski definition) is 4. The van der Waals surface area contributed by atoms with Crippen molar-refractivity contribution < 1.29 is 20.1 Å². The first kappa shape index (κ1) is 11.0. The molecule has 2 aromatic rings. The van der Waals surface area contributed by atoms with Gasteiger partial charge in [-0.05, 0) is 12.1 Å². The number of carbonyl (C=O) groups is 1. The zero-order valence-corrected chi connectivity index (χ0v) is 8.95. The minimum absolute atomic E-state index is 0.00603. The molecule has 1 aromatic heterocycles. The summed E-state index contributed by atoms with van der Waals surface area (Å²) < 4.78 is 1.36. The van der Waals surface area contributed by atoms with Crippen molar-refractivity contribution in [2.75, 3.05) is 0 Å². The van der Waals surface area contributed by atoms with Crippen LogP contribution in [-0.2, 0) is 7.05 Å². The van der Waals surface area contributed by atoms with Gasteiger partial charge in [-0.15, -0.1) is 0 Å². The number of aromatic carboxylic acids is 1. The number of carboxylic acids is 1. The van der Waals surface area contributed by atoms with Crippen LogP contribution in [0.1, 0.15) is 10.4 Å². The molecule has 0 bridgehead atoms. The first-order valence-corrected chi connectivity index (χ1v) is 4.78. The van der Waals surface area contributed by atoms with Gasteiger partial charge >= 0.3 is 5.97 Å². The predicted octanol–water partition coefficient (Wildman–Crippen LogP) is 1.20. The maximum Gasteiger partial charge on any atom is 0.339 e. The summed E-state index contributed by atoms with van der Waals surface area (Å²) in [4.78, 5) is 11.0. The van der Waals surface area contributed by atoms with Crippen molar-refractivity contribution in [2.24, 2.45) is 7.05 Å². The zero-order valence-electron chi connectivity index (χ0n) is 8.95. The molecule has 17 heavy (non-hydrogen) atoms. The Bertz CT molecular complexity index is 589. The molecular formula is C11H10N2O4. The van der Waals surface area contributed by atoms with E-state index in [0.717, 1.165) is 6.07 Å². The van der Waals surface area contributed by atoms with Gasteiger partial charge in [0.1, 0.15) is 17.1 Å². The smallest absolute Gasteiger partial charge is 0.339 e. The fourth-order valence-electron chi connectivity index (χ4n) is 1.63. The summed E-state index contributed by atoms with van der Waals surface area (Å²) in [6.45, 7) is 0. The second-order valence-corrected chi connectivity index (χ2v) is 3.54. The Labute approximate surface area is 96.4 Å². The topological polar surface area (TPSA) is 95.6 Å². The van der Waals surface area contributed by atoms with Crippen LogP contribution in [0.15, 0.2) is 24.4 Å². The van der Waals surface area contributed by atoms with Crippen molar-refractivity contribution in [2.45, 2.75) is 0 Å². The molecule has 0 amide bonds. The van der Waals surface area contributed by atoms with Crippen LogP contribution in [0.4, 0.5) is 0 Å². The third-order valence-corrected chi connectivity index (χ3v) is 2.41. The molecule has 0 fully saturated rings. The minimum atomic E-state index is -1.12. The molecule has 0 saturated heterocycles. The van der Waals surface area contributed by atoms with Crippen LogP contribution in [0, 0.1) is 0 Å². The van der Waals surface area contributed by atoms with E-state index >= 15 is 0 Å². The predicted molar refractivity (Wildman–Crippen MR) is 58.9 cm³/mol. The maximum atomic E-state index is 11.0. The number of aryl methyl sites for hydroxylation is 1. The number of aromatic nitrogens is 2. The van der Waals surface area contributed by atoms with E-state index < -0.39 is 5.97 Å². The molecule has 3 N–H and O–H groups in total. The highest BCUT2D eigenvalue weighted by Crippen LogP contribution is 2.33. The fourth-order valence-corrected chi connectivity index (χ4v) is 1.63. The monoisotopic (exact) mass is 234 g/mol. The summed E-state index contributed by atoms with van der Waals surface area (Å²) in [7, 11) is 1.58. The Hall–Kier alpha value is -2.50. The normalized spacial score (nSPS) is 10.4. The number of hydrogen-bond donors (Lipinski definition) is 3. The van der Waals surface area contributed by atoms with Crippen LogP contribution in [0.5, 0.6) is 11.5 Å². The lowest BCUT2D eigenvalue weighted by Crippen LogP contribution is -2.00. The van der Waals surface area contributed by atoms with E-state index in [1.54, 1.807) is 7.05 Å². The number of benzene rings is 1. The molecule has 1 aromatic carbocycles. The number of rotatable bonds is 2. The first-order valence-electron chi connectivity index (χ1n) is 4.78. The van der Waals surface area contributed by atoms with Gasteiger partial charge in [-0.3, -0.25) is 4.68 Å². The molecule has 0 radical (unpaired) electrons. The van der Waals surface area contributed by atoms with E-state index in [1.807, 2.05) is 0 Å². The van der Waals surface area contributed by atoms with Gasteiger partial charge in [-0.1, -0.05) is 0 Å². The minimum Gasteiger partial charge on any atom is -0.508 e. The quantitative estimate of drug-likeness (QED) is 0.725. The molecule has 2 rings (SSSR count). The second kappa shape index (κ2) is 3.82. The average Bonchev–Trinajstić information content (AvgIpc) is 2.60. The third kappa shape index (κ3) is 1.80. The number of nitrogens with zero attached hydrogens (tertiary/aromatic N) is 2. The molecule has 0 unspecified atom stereocenters. The van der Waals surface area contributed by atoms with Gasteiger partial charge < -0.3 is 15.3 Å². The zero-order chi connectivity index (χ0) is 12.6. The fraction of sp³-hybridized carbons (Fsp3) is 0.0909. The van der Waals surface area contributed by atoms with Crippen LogP contribution in [0.3, 0.4) is 0 Å². The van der Waals surface area contributed by atoms with Crippen LogP contribution >= 0.6 is 0 Å². The number of phenolic OH excluding ortho intramolecular Hbond substituents is 2. The van der Waals surface area contributed by atoms with E-state index in [9.17, 15) is 15.0 Å². The largest absolute Gasteiger partial charge is 0.508 e. The molecule has 1 heterocycles. The lowest BCUT2D eigenvalue weighted by molar-refractivity contribution is 0.0697.